The highest BCUT2D eigenvalue weighted by Gasteiger charge is 2.23. The zero-order valence-electron chi connectivity index (χ0n) is 10.7. The van der Waals surface area contributed by atoms with Gasteiger partial charge in [0.05, 0.1) is 11.8 Å². The normalized spacial score (nSPS) is 16.6. The molecular formula is C12H13ClN4O2S. The lowest BCUT2D eigenvalue weighted by Crippen LogP contribution is -2.48. The molecule has 1 aliphatic rings. The fraction of sp³-hybridized carbons (Fsp3) is 0.417. The molecule has 0 aromatic carbocycles. The van der Waals surface area contributed by atoms with Crippen molar-refractivity contribution in [3.05, 3.63) is 34.2 Å². The van der Waals surface area contributed by atoms with Crippen LogP contribution in [-0.4, -0.2) is 51.5 Å². The Morgan fingerprint density at radius 3 is 2.80 bits per heavy atom. The van der Waals surface area contributed by atoms with E-state index in [9.17, 15) is 4.79 Å². The molecule has 3 heterocycles. The summed E-state index contributed by atoms with van der Waals surface area (Å²) in [5, 5.41) is 4.01. The summed E-state index contributed by atoms with van der Waals surface area (Å²) in [7, 11) is 0. The fourth-order valence-electron chi connectivity index (χ4n) is 2.18. The van der Waals surface area contributed by atoms with Crippen molar-refractivity contribution in [3.63, 3.8) is 0 Å². The Morgan fingerprint density at radius 1 is 1.40 bits per heavy atom. The lowest BCUT2D eigenvalue weighted by atomic mass is 10.2. The molecule has 0 unspecified atom stereocenters. The molecule has 6 nitrogen and oxygen atoms in total. The molecule has 106 valence electrons. The van der Waals surface area contributed by atoms with Gasteiger partial charge in [-0.15, -0.1) is 5.10 Å². The summed E-state index contributed by atoms with van der Waals surface area (Å²) in [5.41, 5.74) is 1.41. The van der Waals surface area contributed by atoms with Crippen LogP contribution in [-0.2, 0) is 6.54 Å². The van der Waals surface area contributed by atoms with Crippen LogP contribution in [0.4, 0.5) is 0 Å². The van der Waals surface area contributed by atoms with E-state index in [0.717, 1.165) is 18.8 Å². The van der Waals surface area contributed by atoms with Crippen molar-refractivity contribution in [3.8, 4) is 0 Å². The molecule has 2 aromatic heterocycles. The molecule has 2 aromatic rings. The van der Waals surface area contributed by atoms with Gasteiger partial charge < -0.3 is 9.32 Å². The van der Waals surface area contributed by atoms with Crippen molar-refractivity contribution in [2.24, 2.45) is 0 Å². The molecule has 20 heavy (non-hydrogen) atoms. The smallest absolute Gasteiger partial charge is 0.257 e. The van der Waals surface area contributed by atoms with E-state index in [-0.39, 0.29) is 5.91 Å². The van der Waals surface area contributed by atoms with Crippen molar-refractivity contribution in [1.82, 2.24) is 19.4 Å². The number of amides is 1. The van der Waals surface area contributed by atoms with Crippen LogP contribution in [0.1, 0.15) is 16.1 Å². The lowest BCUT2D eigenvalue weighted by molar-refractivity contribution is 0.0626. The number of halogens is 1. The number of carbonyl (C=O) groups excluding carboxylic acids is 1. The van der Waals surface area contributed by atoms with E-state index >= 15 is 0 Å². The van der Waals surface area contributed by atoms with Crippen LogP contribution >= 0.6 is 23.1 Å². The molecule has 1 aliphatic heterocycles. The molecule has 0 saturated carbocycles. The summed E-state index contributed by atoms with van der Waals surface area (Å²) >= 11 is 7.20. The van der Waals surface area contributed by atoms with Crippen molar-refractivity contribution >= 4 is 29.0 Å². The van der Waals surface area contributed by atoms with Crippen molar-refractivity contribution in [2.45, 2.75) is 6.54 Å². The molecule has 3 rings (SSSR count). The Balaban J connectivity index is 1.55. The van der Waals surface area contributed by atoms with Crippen molar-refractivity contribution in [1.29, 1.82) is 0 Å². The summed E-state index contributed by atoms with van der Waals surface area (Å²) in [6, 6.07) is 1.69. The maximum Gasteiger partial charge on any atom is 0.257 e. The zero-order chi connectivity index (χ0) is 13.9. The summed E-state index contributed by atoms with van der Waals surface area (Å²) in [4.78, 5) is 16.2. The first kappa shape index (κ1) is 13.5. The first-order valence-corrected chi connectivity index (χ1v) is 7.40. The van der Waals surface area contributed by atoms with Gasteiger partial charge in [-0.2, -0.15) is 0 Å². The minimum atomic E-state index is 0.0201. The predicted octanol–water partition coefficient (Wildman–Crippen LogP) is 1.74. The highest BCUT2D eigenvalue weighted by atomic mass is 35.5. The predicted molar refractivity (Wildman–Crippen MR) is 74.8 cm³/mol. The van der Waals surface area contributed by atoms with Crippen LogP contribution in [0.2, 0.25) is 4.34 Å². The molecule has 0 spiro atoms. The molecule has 0 radical (unpaired) electrons. The molecule has 0 bridgehead atoms. The Morgan fingerprint density at radius 2 is 2.20 bits per heavy atom. The largest absolute Gasteiger partial charge is 0.472 e. The van der Waals surface area contributed by atoms with Gasteiger partial charge in [-0.1, -0.05) is 16.1 Å². The molecule has 8 heteroatoms. The first-order chi connectivity index (χ1) is 9.74. The second-order valence-corrected chi connectivity index (χ2v) is 5.93. The van der Waals surface area contributed by atoms with Crippen LogP contribution in [0.15, 0.2) is 23.0 Å². The maximum absolute atomic E-state index is 12.1. The number of aromatic nitrogens is 2. The van der Waals surface area contributed by atoms with E-state index in [1.54, 1.807) is 6.07 Å². The first-order valence-electron chi connectivity index (χ1n) is 6.24. The van der Waals surface area contributed by atoms with Gasteiger partial charge in [0.2, 0.25) is 0 Å². The third kappa shape index (κ3) is 2.84. The lowest BCUT2D eigenvalue weighted by Gasteiger charge is -2.34. The molecular weight excluding hydrogens is 300 g/mol. The number of nitrogens with zero attached hydrogens (tertiary/aromatic N) is 4. The Hall–Kier alpha value is -1.44. The summed E-state index contributed by atoms with van der Waals surface area (Å²) in [6.07, 6.45) is 3.00. The van der Waals surface area contributed by atoms with E-state index in [4.69, 9.17) is 16.0 Å². The molecule has 0 aliphatic carbocycles. The monoisotopic (exact) mass is 312 g/mol. The number of hydrogen-bond acceptors (Lipinski definition) is 6. The van der Waals surface area contributed by atoms with Gasteiger partial charge in [-0.05, 0) is 6.07 Å². The standard InChI is InChI=1S/C12H13ClN4O2S/c13-11-10(14-15-20-11)7-16-2-4-17(5-3-16)12(18)9-1-6-19-8-9/h1,6,8H,2-5,7H2. The summed E-state index contributed by atoms with van der Waals surface area (Å²) in [5.74, 6) is 0.0201. The molecule has 1 saturated heterocycles. The van der Waals surface area contributed by atoms with Crippen molar-refractivity contribution in [2.75, 3.05) is 26.2 Å². The Kier molecular flexibility index (Phi) is 4.00. The number of rotatable bonds is 3. The summed E-state index contributed by atoms with van der Waals surface area (Å²) in [6.45, 7) is 3.68. The SMILES string of the molecule is O=C(c1ccoc1)N1CCN(Cc2nnsc2Cl)CC1. The number of hydrogen-bond donors (Lipinski definition) is 0. The van der Waals surface area contributed by atoms with Gasteiger partial charge in [-0.3, -0.25) is 9.69 Å². The van der Waals surface area contributed by atoms with Gasteiger partial charge in [0.15, 0.2) is 0 Å². The molecule has 1 fully saturated rings. The van der Waals surface area contributed by atoms with Crippen LogP contribution in [0.25, 0.3) is 0 Å². The Bertz CT molecular complexity index is 578. The highest BCUT2D eigenvalue weighted by Crippen LogP contribution is 2.19. The van der Waals surface area contributed by atoms with Gasteiger partial charge >= 0.3 is 0 Å². The van der Waals surface area contributed by atoms with Gasteiger partial charge in [0.25, 0.3) is 5.91 Å². The average Bonchev–Trinajstić information content (AvgIpc) is 3.12. The Labute approximate surface area is 125 Å². The van der Waals surface area contributed by atoms with Crippen molar-refractivity contribution < 1.29 is 9.21 Å². The highest BCUT2D eigenvalue weighted by molar-refractivity contribution is 7.10. The average molecular weight is 313 g/mol. The van der Waals surface area contributed by atoms with Gasteiger partial charge in [0, 0.05) is 44.3 Å². The van der Waals surface area contributed by atoms with Crippen LogP contribution in [0.3, 0.4) is 0 Å². The van der Waals surface area contributed by atoms with E-state index in [1.165, 1.54) is 24.1 Å². The van der Waals surface area contributed by atoms with E-state index in [2.05, 4.69) is 14.5 Å². The van der Waals surface area contributed by atoms with Crippen LogP contribution in [0.5, 0.6) is 0 Å². The maximum atomic E-state index is 12.1. The number of carbonyl (C=O) groups is 1. The van der Waals surface area contributed by atoms with Gasteiger partial charge in [0.1, 0.15) is 16.3 Å². The van der Waals surface area contributed by atoms with E-state index < -0.39 is 0 Å². The third-order valence-corrected chi connectivity index (χ3v) is 4.29. The minimum absolute atomic E-state index is 0.0201. The summed E-state index contributed by atoms with van der Waals surface area (Å²) < 4.78 is 9.41. The second-order valence-electron chi connectivity index (χ2n) is 4.57. The molecule has 1 amide bonds. The van der Waals surface area contributed by atoms with Crippen LogP contribution < -0.4 is 0 Å². The molecule has 0 N–H and O–H groups in total. The van der Waals surface area contributed by atoms with E-state index in [1.807, 2.05) is 4.90 Å². The van der Waals surface area contributed by atoms with Crippen LogP contribution in [0, 0.1) is 0 Å². The fourth-order valence-corrected chi connectivity index (χ4v) is 2.79. The third-order valence-electron chi connectivity index (χ3n) is 3.31. The number of piperazine rings is 1. The topological polar surface area (TPSA) is 62.5 Å². The molecule has 0 atom stereocenters. The minimum Gasteiger partial charge on any atom is -0.472 e. The van der Waals surface area contributed by atoms with Gasteiger partial charge in [-0.25, -0.2) is 0 Å². The van der Waals surface area contributed by atoms with E-state index in [0.29, 0.717) is 29.5 Å². The quantitative estimate of drug-likeness (QED) is 0.864. The zero-order valence-corrected chi connectivity index (χ0v) is 12.2. The number of furan rings is 1. The second kappa shape index (κ2) is 5.90.